The molecule has 1 amide bonds. The zero-order chi connectivity index (χ0) is 10.1. The Bertz CT molecular complexity index is 359. The summed E-state index contributed by atoms with van der Waals surface area (Å²) >= 11 is 0. The highest BCUT2D eigenvalue weighted by Crippen LogP contribution is 2.20. The summed E-state index contributed by atoms with van der Waals surface area (Å²) in [7, 11) is 1.81. The molecular formula is C8H13N5O. The molecule has 0 radical (unpaired) electrons. The standard InChI is InChI=1S/C8H13N5O/c1-12-4-6(9)8(11-12)13-3-2-10-7(14)5-13/h4H,2-3,5,9H2,1H3,(H,10,14). The first-order valence-electron chi connectivity index (χ1n) is 4.47. The van der Waals surface area contributed by atoms with Crippen molar-refractivity contribution in [1.29, 1.82) is 0 Å². The molecule has 0 bridgehead atoms. The Morgan fingerprint density at radius 1 is 1.64 bits per heavy atom. The second-order valence-electron chi connectivity index (χ2n) is 3.35. The third-order valence-corrected chi connectivity index (χ3v) is 2.17. The van der Waals surface area contributed by atoms with Gasteiger partial charge in [-0.25, -0.2) is 0 Å². The summed E-state index contributed by atoms with van der Waals surface area (Å²) in [6.45, 7) is 1.74. The molecule has 6 heteroatoms. The molecule has 14 heavy (non-hydrogen) atoms. The average molecular weight is 195 g/mol. The Morgan fingerprint density at radius 3 is 3.00 bits per heavy atom. The normalized spacial score (nSPS) is 16.9. The number of carbonyl (C=O) groups is 1. The van der Waals surface area contributed by atoms with E-state index in [0.29, 0.717) is 24.6 Å². The molecule has 0 saturated carbocycles. The van der Waals surface area contributed by atoms with Gasteiger partial charge in [0.05, 0.1) is 12.2 Å². The zero-order valence-electron chi connectivity index (χ0n) is 8.03. The summed E-state index contributed by atoms with van der Waals surface area (Å²) < 4.78 is 1.65. The number of aromatic nitrogens is 2. The fraction of sp³-hybridized carbons (Fsp3) is 0.500. The number of piperazine rings is 1. The summed E-state index contributed by atoms with van der Waals surface area (Å²) in [4.78, 5) is 13.0. The minimum Gasteiger partial charge on any atom is -0.394 e. The fourth-order valence-electron chi connectivity index (χ4n) is 1.56. The Kier molecular flexibility index (Phi) is 2.03. The van der Waals surface area contributed by atoms with Crippen LogP contribution in [0.1, 0.15) is 0 Å². The van der Waals surface area contributed by atoms with Gasteiger partial charge in [-0.3, -0.25) is 9.48 Å². The molecule has 2 heterocycles. The largest absolute Gasteiger partial charge is 0.394 e. The summed E-state index contributed by atoms with van der Waals surface area (Å²) in [6.07, 6.45) is 1.74. The van der Waals surface area contributed by atoms with Gasteiger partial charge in [0.1, 0.15) is 0 Å². The van der Waals surface area contributed by atoms with Crippen LogP contribution in [-0.4, -0.2) is 35.3 Å². The van der Waals surface area contributed by atoms with Gasteiger partial charge >= 0.3 is 0 Å². The monoisotopic (exact) mass is 195 g/mol. The zero-order valence-corrected chi connectivity index (χ0v) is 8.03. The SMILES string of the molecule is Cn1cc(N)c(N2CCNC(=O)C2)n1. The Labute approximate surface area is 81.7 Å². The van der Waals surface area contributed by atoms with E-state index < -0.39 is 0 Å². The van der Waals surface area contributed by atoms with Gasteiger partial charge in [-0.1, -0.05) is 0 Å². The van der Waals surface area contributed by atoms with Gasteiger partial charge in [0.2, 0.25) is 5.91 Å². The van der Waals surface area contributed by atoms with Crippen molar-refractivity contribution in [2.24, 2.45) is 7.05 Å². The number of aryl methyl sites for hydroxylation is 1. The molecule has 0 unspecified atom stereocenters. The lowest BCUT2D eigenvalue weighted by atomic mass is 10.3. The molecule has 1 aromatic heterocycles. The van der Waals surface area contributed by atoms with Gasteiger partial charge in [-0.15, -0.1) is 0 Å². The van der Waals surface area contributed by atoms with E-state index in [-0.39, 0.29) is 5.91 Å². The van der Waals surface area contributed by atoms with Crippen molar-refractivity contribution in [3.05, 3.63) is 6.20 Å². The third-order valence-electron chi connectivity index (χ3n) is 2.17. The van der Waals surface area contributed by atoms with Crippen molar-refractivity contribution in [3.8, 4) is 0 Å². The van der Waals surface area contributed by atoms with Crippen LogP contribution >= 0.6 is 0 Å². The smallest absolute Gasteiger partial charge is 0.239 e. The predicted octanol–water partition coefficient (Wildman–Crippen LogP) is -1.06. The first-order chi connectivity index (χ1) is 6.66. The minimum absolute atomic E-state index is 0.0151. The van der Waals surface area contributed by atoms with E-state index in [1.165, 1.54) is 0 Å². The molecule has 3 N–H and O–H groups in total. The van der Waals surface area contributed by atoms with E-state index in [4.69, 9.17) is 5.73 Å². The number of hydrogen-bond donors (Lipinski definition) is 2. The molecule has 1 aliphatic heterocycles. The Morgan fingerprint density at radius 2 is 2.43 bits per heavy atom. The first kappa shape index (κ1) is 8.86. The maximum absolute atomic E-state index is 11.1. The van der Waals surface area contributed by atoms with Crippen LogP contribution in [0.4, 0.5) is 11.5 Å². The predicted molar refractivity (Wildman–Crippen MR) is 52.8 cm³/mol. The van der Waals surface area contributed by atoms with Crippen LogP contribution < -0.4 is 16.0 Å². The number of nitrogen functional groups attached to an aromatic ring is 1. The number of nitrogens with two attached hydrogens (primary N) is 1. The Balaban J connectivity index is 2.21. The number of nitrogens with one attached hydrogen (secondary N) is 1. The molecule has 76 valence electrons. The number of rotatable bonds is 1. The van der Waals surface area contributed by atoms with Crippen LogP contribution in [-0.2, 0) is 11.8 Å². The Hall–Kier alpha value is -1.72. The van der Waals surface area contributed by atoms with Gasteiger partial charge in [-0.2, -0.15) is 5.10 Å². The van der Waals surface area contributed by atoms with Crippen LogP contribution in [0.5, 0.6) is 0 Å². The molecule has 0 spiro atoms. The van der Waals surface area contributed by atoms with Crippen molar-refractivity contribution in [3.63, 3.8) is 0 Å². The van der Waals surface area contributed by atoms with Crippen LogP contribution in [0.25, 0.3) is 0 Å². The molecule has 0 aliphatic carbocycles. The first-order valence-corrected chi connectivity index (χ1v) is 4.47. The van der Waals surface area contributed by atoms with Crippen LogP contribution in [0.15, 0.2) is 6.20 Å². The van der Waals surface area contributed by atoms with Crippen LogP contribution in [0.2, 0.25) is 0 Å². The third kappa shape index (κ3) is 1.50. The molecule has 6 nitrogen and oxygen atoms in total. The van der Waals surface area contributed by atoms with Crippen LogP contribution in [0.3, 0.4) is 0 Å². The van der Waals surface area contributed by atoms with Crippen molar-refractivity contribution in [1.82, 2.24) is 15.1 Å². The number of nitrogens with zero attached hydrogens (tertiary/aromatic N) is 3. The number of carbonyl (C=O) groups excluding carboxylic acids is 1. The minimum atomic E-state index is 0.0151. The van der Waals surface area contributed by atoms with E-state index >= 15 is 0 Å². The van der Waals surface area contributed by atoms with Gasteiger partial charge in [0, 0.05) is 26.3 Å². The summed E-state index contributed by atoms with van der Waals surface area (Å²) in [5.74, 6) is 0.712. The van der Waals surface area contributed by atoms with Crippen molar-refractivity contribution in [2.75, 3.05) is 30.3 Å². The van der Waals surface area contributed by atoms with Crippen molar-refractivity contribution < 1.29 is 4.79 Å². The average Bonchev–Trinajstić information content (AvgIpc) is 2.45. The van der Waals surface area contributed by atoms with Crippen molar-refractivity contribution >= 4 is 17.4 Å². The highest BCUT2D eigenvalue weighted by atomic mass is 16.2. The quantitative estimate of drug-likeness (QED) is 0.599. The molecule has 1 aliphatic rings. The van der Waals surface area contributed by atoms with Gasteiger partial charge in [-0.05, 0) is 0 Å². The fourth-order valence-corrected chi connectivity index (χ4v) is 1.56. The maximum Gasteiger partial charge on any atom is 0.239 e. The van der Waals surface area contributed by atoms with Crippen molar-refractivity contribution in [2.45, 2.75) is 0 Å². The molecule has 1 fully saturated rings. The number of amides is 1. The molecule has 0 atom stereocenters. The van der Waals surface area contributed by atoms with E-state index in [9.17, 15) is 4.79 Å². The highest BCUT2D eigenvalue weighted by molar-refractivity contribution is 5.83. The van der Waals surface area contributed by atoms with E-state index in [0.717, 1.165) is 6.54 Å². The molecule has 1 aromatic rings. The second-order valence-corrected chi connectivity index (χ2v) is 3.35. The number of anilines is 2. The maximum atomic E-state index is 11.1. The summed E-state index contributed by atoms with van der Waals surface area (Å²) in [6, 6.07) is 0. The highest BCUT2D eigenvalue weighted by Gasteiger charge is 2.20. The molecular weight excluding hydrogens is 182 g/mol. The van der Waals surface area contributed by atoms with Gasteiger partial charge in [0.15, 0.2) is 5.82 Å². The summed E-state index contributed by atoms with van der Waals surface area (Å²) in [5, 5.41) is 6.96. The van der Waals surface area contributed by atoms with Gasteiger partial charge in [0.25, 0.3) is 0 Å². The lowest BCUT2D eigenvalue weighted by molar-refractivity contribution is -0.120. The second kappa shape index (κ2) is 3.21. The lowest BCUT2D eigenvalue weighted by Crippen LogP contribution is -2.48. The molecule has 2 rings (SSSR count). The topological polar surface area (TPSA) is 76.2 Å². The van der Waals surface area contributed by atoms with E-state index in [1.54, 1.807) is 10.9 Å². The molecule has 1 saturated heterocycles. The van der Waals surface area contributed by atoms with Crippen LogP contribution in [0, 0.1) is 0 Å². The van der Waals surface area contributed by atoms with E-state index in [2.05, 4.69) is 10.4 Å². The summed E-state index contributed by atoms with van der Waals surface area (Å²) in [5.41, 5.74) is 6.37. The lowest BCUT2D eigenvalue weighted by Gasteiger charge is -2.26. The number of hydrogen-bond acceptors (Lipinski definition) is 4. The van der Waals surface area contributed by atoms with Gasteiger partial charge < -0.3 is 16.0 Å². The van der Waals surface area contributed by atoms with E-state index in [1.807, 2.05) is 11.9 Å². The molecule has 0 aromatic carbocycles.